The molecule has 0 spiro atoms. The van der Waals surface area contributed by atoms with Crippen molar-refractivity contribution in [2.75, 3.05) is 21.2 Å². The summed E-state index contributed by atoms with van der Waals surface area (Å²) < 4.78 is 4.77. The lowest BCUT2D eigenvalue weighted by molar-refractivity contribution is 0.358. The van der Waals surface area contributed by atoms with Gasteiger partial charge in [-0.05, 0) is 0 Å². The van der Waals surface area contributed by atoms with Crippen LogP contribution in [0.25, 0.3) is 0 Å². The summed E-state index contributed by atoms with van der Waals surface area (Å²) in [7, 11) is 5.30. The minimum absolute atomic E-state index is 0.676. The average Bonchev–Trinajstić information content (AvgIpc) is 1.91. The first kappa shape index (κ1) is 12.0. The van der Waals surface area contributed by atoms with E-state index in [0.29, 0.717) is 5.90 Å². The third-order valence-electron chi connectivity index (χ3n) is 0.636. The normalized spacial score (nSPS) is 9.60. The number of hydrazone groups is 1. The summed E-state index contributed by atoms with van der Waals surface area (Å²) in [5.74, 6) is 0.676. The van der Waals surface area contributed by atoms with Crippen LogP contribution in [0.1, 0.15) is 20.8 Å². The molecule has 0 saturated carbocycles. The summed E-state index contributed by atoms with van der Waals surface area (Å²) in [6.45, 7) is 5.81. The molecular weight excluding hydrogens is 128 g/mol. The second-order valence-corrected chi connectivity index (χ2v) is 1.67. The molecule has 0 unspecified atom stereocenters. The SMILES string of the molecule is CC.CO/C(C)=N/N(C)C. The highest BCUT2D eigenvalue weighted by atomic mass is 16.5. The van der Waals surface area contributed by atoms with Gasteiger partial charge in [0, 0.05) is 21.0 Å². The van der Waals surface area contributed by atoms with E-state index in [0.717, 1.165) is 0 Å². The van der Waals surface area contributed by atoms with E-state index in [1.807, 2.05) is 27.9 Å². The van der Waals surface area contributed by atoms with Crippen LogP contribution in [0.15, 0.2) is 5.10 Å². The Labute approximate surface area is 63.7 Å². The maximum absolute atomic E-state index is 4.77. The van der Waals surface area contributed by atoms with Gasteiger partial charge in [0.05, 0.1) is 7.11 Å². The van der Waals surface area contributed by atoms with Crippen molar-refractivity contribution in [1.29, 1.82) is 0 Å². The van der Waals surface area contributed by atoms with Crippen molar-refractivity contribution in [3.63, 3.8) is 0 Å². The van der Waals surface area contributed by atoms with E-state index in [9.17, 15) is 0 Å². The molecule has 0 bridgehead atoms. The van der Waals surface area contributed by atoms with Crippen molar-refractivity contribution in [3.8, 4) is 0 Å². The van der Waals surface area contributed by atoms with Crippen molar-refractivity contribution in [3.05, 3.63) is 0 Å². The molecule has 0 fully saturated rings. The molecule has 3 nitrogen and oxygen atoms in total. The van der Waals surface area contributed by atoms with Crippen LogP contribution < -0.4 is 0 Å². The van der Waals surface area contributed by atoms with E-state index in [1.165, 1.54) is 0 Å². The highest BCUT2D eigenvalue weighted by molar-refractivity contribution is 5.72. The summed E-state index contributed by atoms with van der Waals surface area (Å²) in [5, 5.41) is 5.62. The molecule has 0 radical (unpaired) electrons. The molecule has 0 aromatic rings. The van der Waals surface area contributed by atoms with Gasteiger partial charge in [-0.2, -0.15) is 0 Å². The minimum Gasteiger partial charge on any atom is -0.483 e. The third-order valence-corrected chi connectivity index (χ3v) is 0.636. The van der Waals surface area contributed by atoms with Gasteiger partial charge < -0.3 is 4.74 Å². The minimum atomic E-state index is 0.676. The molecule has 0 N–H and O–H groups in total. The van der Waals surface area contributed by atoms with Crippen molar-refractivity contribution in [2.24, 2.45) is 5.10 Å². The predicted molar refractivity (Wildman–Crippen MR) is 45.2 cm³/mol. The first-order valence-corrected chi connectivity index (χ1v) is 3.43. The lowest BCUT2D eigenvalue weighted by Crippen LogP contribution is -2.07. The molecule has 0 saturated heterocycles. The molecule has 10 heavy (non-hydrogen) atoms. The highest BCUT2D eigenvalue weighted by Gasteiger charge is 1.83. The molecule has 0 amide bonds. The van der Waals surface area contributed by atoms with Crippen LogP contribution in [0.5, 0.6) is 0 Å². The second-order valence-electron chi connectivity index (χ2n) is 1.67. The van der Waals surface area contributed by atoms with Crippen LogP contribution in [0.3, 0.4) is 0 Å². The molecular formula is C7H18N2O. The number of hydrogen-bond acceptors (Lipinski definition) is 3. The Bertz CT molecular complexity index is 89.6. The zero-order valence-corrected chi connectivity index (χ0v) is 7.80. The van der Waals surface area contributed by atoms with Gasteiger partial charge in [-0.15, -0.1) is 5.10 Å². The fourth-order valence-electron chi connectivity index (χ4n) is 0.322. The average molecular weight is 146 g/mol. The number of rotatable bonds is 1. The Hall–Kier alpha value is -0.730. The van der Waals surface area contributed by atoms with Crippen molar-refractivity contribution < 1.29 is 4.74 Å². The zero-order chi connectivity index (χ0) is 8.57. The van der Waals surface area contributed by atoms with E-state index in [4.69, 9.17) is 4.74 Å². The van der Waals surface area contributed by atoms with Crippen LogP contribution in [0.2, 0.25) is 0 Å². The standard InChI is InChI=1S/C5H12N2O.C2H6/c1-5(8-4)6-7(2)3;1-2/h1-4H3;1-2H3/b6-5+;. The Balaban J connectivity index is 0. The Kier molecular flexibility index (Phi) is 9.92. The van der Waals surface area contributed by atoms with Crippen LogP contribution in [0.4, 0.5) is 0 Å². The molecule has 0 aliphatic heterocycles. The quantitative estimate of drug-likeness (QED) is 0.318. The van der Waals surface area contributed by atoms with Crippen LogP contribution in [-0.4, -0.2) is 32.1 Å². The monoisotopic (exact) mass is 146 g/mol. The Morgan fingerprint density at radius 1 is 1.30 bits per heavy atom. The molecule has 0 aliphatic carbocycles. The topological polar surface area (TPSA) is 24.8 Å². The predicted octanol–water partition coefficient (Wildman–Crippen LogP) is 1.55. The Morgan fingerprint density at radius 2 is 1.70 bits per heavy atom. The first-order valence-electron chi connectivity index (χ1n) is 3.43. The van der Waals surface area contributed by atoms with Crippen molar-refractivity contribution in [2.45, 2.75) is 20.8 Å². The maximum atomic E-state index is 4.77. The van der Waals surface area contributed by atoms with Crippen molar-refractivity contribution >= 4 is 5.90 Å². The number of ether oxygens (including phenoxy) is 1. The van der Waals surface area contributed by atoms with E-state index >= 15 is 0 Å². The zero-order valence-electron chi connectivity index (χ0n) is 7.80. The molecule has 0 aliphatic rings. The van der Waals surface area contributed by atoms with Crippen LogP contribution >= 0.6 is 0 Å². The van der Waals surface area contributed by atoms with Gasteiger partial charge in [0.1, 0.15) is 0 Å². The van der Waals surface area contributed by atoms with E-state index in [1.54, 1.807) is 19.0 Å². The third kappa shape index (κ3) is 10.3. The molecule has 0 aromatic heterocycles. The van der Waals surface area contributed by atoms with Gasteiger partial charge in [0.2, 0.25) is 5.90 Å². The summed E-state index contributed by atoms with van der Waals surface area (Å²) in [4.78, 5) is 0. The van der Waals surface area contributed by atoms with E-state index in [-0.39, 0.29) is 0 Å². The van der Waals surface area contributed by atoms with Crippen LogP contribution in [-0.2, 0) is 4.74 Å². The Morgan fingerprint density at radius 3 is 1.80 bits per heavy atom. The van der Waals surface area contributed by atoms with Gasteiger partial charge in [0.15, 0.2) is 0 Å². The maximum Gasteiger partial charge on any atom is 0.202 e. The smallest absolute Gasteiger partial charge is 0.202 e. The summed E-state index contributed by atoms with van der Waals surface area (Å²) in [6, 6.07) is 0. The molecule has 0 heterocycles. The molecule has 62 valence electrons. The fraction of sp³-hybridized carbons (Fsp3) is 0.857. The first-order chi connectivity index (χ1) is 4.66. The lowest BCUT2D eigenvalue weighted by atomic mass is 10.8. The van der Waals surface area contributed by atoms with Gasteiger partial charge in [-0.3, -0.25) is 5.01 Å². The van der Waals surface area contributed by atoms with Crippen molar-refractivity contribution in [1.82, 2.24) is 5.01 Å². The number of hydrogen-bond donors (Lipinski definition) is 0. The van der Waals surface area contributed by atoms with Crippen LogP contribution in [0, 0.1) is 0 Å². The van der Waals surface area contributed by atoms with Gasteiger partial charge in [0.25, 0.3) is 0 Å². The van der Waals surface area contributed by atoms with Gasteiger partial charge in [-0.1, -0.05) is 13.8 Å². The largest absolute Gasteiger partial charge is 0.483 e. The van der Waals surface area contributed by atoms with Gasteiger partial charge >= 0.3 is 0 Å². The number of methoxy groups -OCH3 is 1. The second kappa shape index (κ2) is 8.27. The summed E-state index contributed by atoms with van der Waals surface area (Å²) >= 11 is 0. The summed E-state index contributed by atoms with van der Waals surface area (Å²) in [5.41, 5.74) is 0. The molecule has 0 atom stereocenters. The van der Waals surface area contributed by atoms with E-state index < -0.39 is 0 Å². The molecule has 0 rings (SSSR count). The fourth-order valence-corrected chi connectivity index (χ4v) is 0.322. The van der Waals surface area contributed by atoms with E-state index in [2.05, 4.69) is 5.10 Å². The molecule has 0 aromatic carbocycles. The number of nitrogens with zero attached hydrogens (tertiary/aromatic N) is 2. The lowest BCUT2D eigenvalue weighted by Gasteiger charge is -2.04. The molecule has 3 heteroatoms. The van der Waals surface area contributed by atoms with Gasteiger partial charge in [-0.25, -0.2) is 0 Å². The summed E-state index contributed by atoms with van der Waals surface area (Å²) in [6.07, 6.45) is 0. The highest BCUT2D eigenvalue weighted by Crippen LogP contribution is 1.79.